The van der Waals surface area contributed by atoms with Gasteiger partial charge in [-0.3, -0.25) is 0 Å². The van der Waals surface area contributed by atoms with Gasteiger partial charge >= 0.3 is 0 Å². The van der Waals surface area contributed by atoms with E-state index in [1.165, 1.54) is 19.3 Å². The molecule has 0 amide bonds. The zero-order valence-electron chi connectivity index (χ0n) is 14.3. The van der Waals surface area contributed by atoms with Crippen molar-refractivity contribution in [3.05, 3.63) is 0 Å². The van der Waals surface area contributed by atoms with E-state index >= 15 is 0 Å². The van der Waals surface area contributed by atoms with Gasteiger partial charge in [0.1, 0.15) is 0 Å². The monoisotopic (exact) mass is 298 g/mol. The first-order chi connectivity index (χ1) is 9.86. The Hall–Kier alpha value is -0.160. The van der Waals surface area contributed by atoms with Crippen LogP contribution in [0.2, 0.25) is 0 Å². The van der Waals surface area contributed by atoms with E-state index in [0.29, 0.717) is 24.6 Å². The van der Waals surface area contributed by atoms with Gasteiger partial charge in [0.15, 0.2) is 0 Å². The van der Waals surface area contributed by atoms with Crippen molar-refractivity contribution in [2.24, 2.45) is 11.3 Å². The van der Waals surface area contributed by atoms with Gasteiger partial charge in [-0.05, 0) is 37.1 Å². The van der Waals surface area contributed by atoms with Crippen LogP contribution < -0.4 is 5.32 Å². The highest BCUT2D eigenvalue weighted by molar-refractivity contribution is 4.86. The molecule has 4 unspecified atom stereocenters. The minimum atomic E-state index is -0.283. The second-order valence-corrected chi connectivity index (χ2v) is 8.06. The van der Waals surface area contributed by atoms with Crippen LogP contribution in [0.4, 0.5) is 0 Å². The van der Waals surface area contributed by atoms with Crippen LogP contribution in [-0.4, -0.2) is 61.0 Å². The van der Waals surface area contributed by atoms with Crippen molar-refractivity contribution in [2.45, 2.75) is 65.2 Å². The standard InChI is InChI=1S/C17H34N2O2/c1-13-11-19(12-14-6-5-9-21-14)8-7-15(13)18-10-16(20)17(2,3)4/h13-16,18,20H,5-12H2,1-4H3. The van der Waals surface area contributed by atoms with Gasteiger partial charge in [-0.2, -0.15) is 0 Å². The Kier molecular flexibility index (Phi) is 6.06. The van der Waals surface area contributed by atoms with E-state index in [4.69, 9.17) is 4.74 Å². The van der Waals surface area contributed by atoms with E-state index in [0.717, 1.165) is 26.2 Å². The third kappa shape index (κ3) is 5.20. The van der Waals surface area contributed by atoms with Gasteiger partial charge in [-0.15, -0.1) is 0 Å². The number of hydrogen-bond acceptors (Lipinski definition) is 4. The summed E-state index contributed by atoms with van der Waals surface area (Å²) in [7, 11) is 0. The molecule has 21 heavy (non-hydrogen) atoms. The zero-order valence-corrected chi connectivity index (χ0v) is 14.3. The summed E-state index contributed by atoms with van der Waals surface area (Å²) in [5.74, 6) is 0.632. The van der Waals surface area contributed by atoms with Crippen LogP contribution in [-0.2, 0) is 4.74 Å². The molecule has 2 rings (SSSR count). The molecule has 2 aliphatic rings. The number of piperidine rings is 1. The van der Waals surface area contributed by atoms with Crippen molar-refractivity contribution in [1.29, 1.82) is 0 Å². The first-order valence-electron chi connectivity index (χ1n) is 8.61. The average Bonchev–Trinajstić information content (AvgIpc) is 2.89. The lowest BCUT2D eigenvalue weighted by atomic mass is 9.88. The number of hydrogen-bond donors (Lipinski definition) is 2. The van der Waals surface area contributed by atoms with Gasteiger partial charge in [0.05, 0.1) is 12.2 Å². The predicted octanol–water partition coefficient (Wildman–Crippen LogP) is 1.87. The maximum atomic E-state index is 10.2. The number of nitrogens with one attached hydrogen (secondary N) is 1. The molecule has 4 heteroatoms. The van der Waals surface area contributed by atoms with E-state index in [1.54, 1.807) is 0 Å². The Labute approximate surface area is 130 Å². The van der Waals surface area contributed by atoms with Crippen LogP contribution in [0.15, 0.2) is 0 Å². The van der Waals surface area contributed by atoms with Gasteiger partial charge in [-0.25, -0.2) is 0 Å². The summed E-state index contributed by atoms with van der Waals surface area (Å²) in [6, 6.07) is 0.530. The summed E-state index contributed by atoms with van der Waals surface area (Å²) in [5.41, 5.74) is -0.0449. The molecule has 2 fully saturated rings. The Morgan fingerprint density at radius 1 is 1.33 bits per heavy atom. The number of aliphatic hydroxyl groups is 1. The minimum absolute atomic E-state index is 0.0449. The smallest absolute Gasteiger partial charge is 0.0712 e. The van der Waals surface area contributed by atoms with Crippen LogP contribution in [0, 0.1) is 11.3 Å². The highest BCUT2D eigenvalue weighted by Crippen LogP contribution is 2.22. The molecular weight excluding hydrogens is 264 g/mol. The van der Waals surface area contributed by atoms with Gasteiger partial charge in [0.25, 0.3) is 0 Å². The molecule has 0 bridgehead atoms. The molecule has 2 heterocycles. The van der Waals surface area contributed by atoms with Crippen LogP contribution in [0.3, 0.4) is 0 Å². The number of rotatable bonds is 5. The van der Waals surface area contributed by atoms with Gasteiger partial charge in [0, 0.05) is 32.3 Å². The molecule has 0 radical (unpaired) electrons. The third-order valence-electron chi connectivity index (χ3n) is 5.05. The second-order valence-electron chi connectivity index (χ2n) is 8.06. The van der Waals surface area contributed by atoms with Gasteiger partial charge in [-0.1, -0.05) is 27.7 Å². The SMILES string of the molecule is CC1CN(CC2CCCO2)CCC1NCC(O)C(C)(C)C. The number of likely N-dealkylation sites (tertiary alicyclic amines) is 1. The lowest BCUT2D eigenvalue weighted by Crippen LogP contribution is -2.52. The van der Waals surface area contributed by atoms with E-state index in [9.17, 15) is 5.11 Å². The summed E-state index contributed by atoms with van der Waals surface area (Å²) < 4.78 is 5.74. The Morgan fingerprint density at radius 2 is 2.10 bits per heavy atom. The molecule has 4 atom stereocenters. The number of nitrogens with zero attached hydrogens (tertiary/aromatic N) is 1. The van der Waals surface area contributed by atoms with Crippen molar-refractivity contribution in [3.8, 4) is 0 Å². The normalized spacial score (nSPS) is 33.3. The van der Waals surface area contributed by atoms with E-state index < -0.39 is 0 Å². The van der Waals surface area contributed by atoms with Crippen LogP contribution in [0.1, 0.15) is 47.0 Å². The number of aliphatic hydroxyl groups excluding tert-OH is 1. The fraction of sp³-hybridized carbons (Fsp3) is 1.00. The van der Waals surface area contributed by atoms with Crippen LogP contribution in [0.5, 0.6) is 0 Å². The molecule has 2 aliphatic heterocycles. The fourth-order valence-electron chi connectivity index (χ4n) is 3.35. The third-order valence-corrected chi connectivity index (χ3v) is 5.05. The molecule has 0 aromatic carbocycles. The molecule has 4 nitrogen and oxygen atoms in total. The first kappa shape index (κ1) is 17.2. The molecule has 0 aromatic rings. The van der Waals surface area contributed by atoms with Crippen molar-refractivity contribution in [3.63, 3.8) is 0 Å². The molecule has 2 N–H and O–H groups in total. The topological polar surface area (TPSA) is 44.7 Å². The molecule has 2 saturated heterocycles. The van der Waals surface area contributed by atoms with E-state index in [-0.39, 0.29) is 11.5 Å². The number of ether oxygens (including phenoxy) is 1. The summed E-state index contributed by atoms with van der Waals surface area (Å²) in [5, 5.41) is 13.7. The second kappa shape index (κ2) is 7.40. The maximum absolute atomic E-state index is 10.2. The van der Waals surface area contributed by atoms with Crippen LogP contribution >= 0.6 is 0 Å². The van der Waals surface area contributed by atoms with Crippen LogP contribution in [0.25, 0.3) is 0 Å². The van der Waals surface area contributed by atoms with E-state index in [1.807, 2.05) is 0 Å². The lowest BCUT2D eigenvalue weighted by Gasteiger charge is -2.39. The zero-order chi connectivity index (χ0) is 15.5. The molecule has 0 aliphatic carbocycles. The highest BCUT2D eigenvalue weighted by Gasteiger charge is 2.30. The Bertz CT molecular complexity index is 310. The summed E-state index contributed by atoms with van der Waals surface area (Å²) in [6.45, 7) is 13.6. The maximum Gasteiger partial charge on any atom is 0.0712 e. The summed E-state index contributed by atoms with van der Waals surface area (Å²) in [4.78, 5) is 2.55. The molecule has 0 aromatic heterocycles. The van der Waals surface area contributed by atoms with Crippen molar-refractivity contribution < 1.29 is 9.84 Å². The van der Waals surface area contributed by atoms with E-state index in [2.05, 4.69) is 37.9 Å². The lowest BCUT2D eigenvalue weighted by molar-refractivity contribution is 0.0389. The average molecular weight is 298 g/mol. The van der Waals surface area contributed by atoms with Crippen molar-refractivity contribution in [2.75, 3.05) is 32.8 Å². The quantitative estimate of drug-likeness (QED) is 0.813. The highest BCUT2D eigenvalue weighted by atomic mass is 16.5. The molecule has 124 valence electrons. The summed E-state index contributed by atoms with van der Waals surface area (Å²) >= 11 is 0. The predicted molar refractivity (Wildman–Crippen MR) is 86.4 cm³/mol. The first-order valence-corrected chi connectivity index (χ1v) is 8.61. The molecular formula is C17H34N2O2. The van der Waals surface area contributed by atoms with Gasteiger partial charge < -0.3 is 20.1 Å². The van der Waals surface area contributed by atoms with Crippen molar-refractivity contribution >= 4 is 0 Å². The Morgan fingerprint density at radius 3 is 2.67 bits per heavy atom. The largest absolute Gasteiger partial charge is 0.391 e. The minimum Gasteiger partial charge on any atom is -0.391 e. The Balaban J connectivity index is 1.70. The molecule has 0 spiro atoms. The van der Waals surface area contributed by atoms with Gasteiger partial charge in [0.2, 0.25) is 0 Å². The van der Waals surface area contributed by atoms with Crippen molar-refractivity contribution in [1.82, 2.24) is 10.2 Å². The molecule has 0 saturated carbocycles. The summed E-state index contributed by atoms with van der Waals surface area (Å²) in [6.07, 6.45) is 3.80. The fourth-order valence-corrected chi connectivity index (χ4v) is 3.35.